The van der Waals surface area contributed by atoms with Gasteiger partial charge >= 0.3 is 33.6 Å². The molecule has 0 amide bonds. The summed E-state index contributed by atoms with van der Waals surface area (Å²) in [5, 5.41) is 20.7. The van der Waals surface area contributed by atoms with E-state index in [1.54, 1.807) is 0 Å². The van der Waals surface area contributed by atoms with E-state index < -0.39 is 91.5 Å². The summed E-state index contributed by atoms with van der Waals surface area (Å²) in [4.78, 5) is 58.8. The first-order chi connectivity index (χ1) is 53.2. The van der Waals surface area contributed by atoms with E-state index in [9.17, 15) is 43.5 Å². The molecule has 5 unspecified atom stereocenters. The van der Waals surface area contributed by atoms with Crippen molar-refractivity contribution in [1.29, 1.82) is 0 Å². The second kappa shape index (κ2) is 82.9. The van der Waals surface area contributed by atoms with Crippen molar-refractivity contribution in [2.75, 3.05) is 39.6 Å². The van der Waals surface area contributed by atoms with Gasteiger partial charge < -0.3 is 34.2 Å². The Labute approximate surface area is 664 Å². The molecule has 0 aromatic heterocycles. The standard InChI is InChI=1S/C91H156O16P2/c1-4-7-10-13-16-19-22-25-28-30-32-34-36-38-39-40-41-42-43-44-45-47-49-50-52-54-57-59-62-65-68-71-74-77-89(94)101-80-86(92)81-103-108(97,98)104-82-87(93)83-105-109(99,100)106-85-88(107-91(96)79-76-73-70-67-64-61-56-27-24-21-18-15-12-9-6-3)84-102-90(95)78-75-72-69-66-63-60-58-55-53-51-48-46-37-35-33-31-29-26-23-20-17-14-11-8-5-2/h8,11,16-21,25-29,32-35,38-39,46,48,53,55-56,86-88,92-93H,4-7,9-10,12-15,22-24,30-31,36-37,40-45,47,49-52,54,57-85H2,1-3H3,(H,97,98)(H,99,100)/b11-8-,19-16-,20-17-,21-18-,28-25-,29-26-,34-32-,35-33-,39-38-,48-46-,55-53-,56-27-. The van der Waals surface area contributed by atoms with E-state index in [1.165, 1.54) is 135 Å². The minimum absolute atomic E-state index is 0.0817. The van der Waals surface area contributed by atoms with Crippen LogP contribution in [-0.4, -0.2) is 95.9 Å². The van der Waals surface area contributed by atoms with Crippen LogP contribution in [-0.2, 0) is 55.8 Å². The molecule has 626 valence electrons. The van der Waals surface area contributed by atoms with Gasteiger partial charge in [-0.2, -0.15) is 0 Å². The van der Waals surface area contributed by atoms with Crippen LogP contribution in [0, 0.1) is 0 Å². The quantitative estimate of drug-likeness (QED) is 0.0146. The van der Waals surface area contributed by atoms with E-state index >= 15 is 0 Å². The minimum Gasteiger partial charge on any atom is -0.463 e. The Balaban J connectivity index is 4.49. The summed E-state index contributed by atoms with van der Waals surface area (Å²) in [5.41, 5.74) is 0. The molecule has 16 nitrogen and oxygen atoms in total. The lowest BCUT2D eigenvalue weighted by atomic mass is 10.0. The van der Waals surface area contributed by atoms with Gasteiger partial charge in [-0.3, -0.25) is 32.5 Å². The maximum absolute atomic E-state index is 13.0. The average Bonchev–Trinajstić information content (AvgIpc) is 0.904. The summed E-state index contributed by atoms with van der Waals surface area (Å²) in [6.45, 7) is 2.50. The third-order valence-corrected chi connectivity index (χ3v) is 19.9. The largest absolute Gasteiger partial charge is 0.472 e. The van der Waals surface area contributed by atoms with Crippen LogP contribution in [0.4, 0.5) is 0 Å². The van der Waals surface area contributed by atoms with Crippen molar-refractivity contribution < 1.29 is 75.8 Å². The predicted molar refractivity (Wildman–Crippen MR) is 454 cm³/mol. The zero-order valence-electron chi connectivity index (χ0n) is 68.7. The maximum atomic E-state index is 13.0. The Bertz CT molecular complexity index is 2560. The lowest BCUT2D eigenvalue weighted by Crippen LogP contribution is -2.30. The van der Waals surface area contributed by atoms with Crippen LogP contribution in [0.2, 0.25) is 0 Å². The normalized spacial score (nSPS) is 14.6. The van der Waals surface area contributed by atoms with Crippen molar-refractivity contribution in [1.82, 2.24) is 0 Å². The van der Waals surface area contributed by atoms with Crippen molar-refractivity contribution in [2.24, 2.45) is 0 Å². The van der Waals surface area contributed by atoms with E-state index in [0.29, 0.717) is 19.3 Å². The van der Waals surface area contributed by atoms with Gasteiger partial charge in [0.25, 0.3) is 0 Å². The average molecular weight is 1570 g/mol. The molecule has 0 saturated heterocycles. The second-order valence-electron chi connectivity index (χ2n) is 28.6. The highest BCUT2D eigenvalue weighted by atomic mass is 31.2. The lowest BCUT2D eigenvalue weighted by molar-refractivity contribution is -0.161. The SMILES string of the molecule is CC/C=C\C/C=C\C/C=C\C/C=C\C/C=C\C/C=C\CCCCCCCCC(=O)OCC(COP(=O)(O)OCC(O)COP(=O)(O)OCC(O)COC(=O)CCCCCCCCCCCCCCCCCCC/C=C\C/C=C\C/C=C\C/C=C\CCCCC)OC(=O)CCCCCCC/C=C\C/C=C\CCCCC. The van der Waals surface area contributed by atoms with Crippen LogP contribution in [0.1, 0.15) is 355 Å². The van der Waals surface area contributed by atoms with Crippen LogP contribution in [0.3, 0.4) is 0 Å². The van der Waals surface area contributed by atoms with E-state index in [1.807, 2.05) is 0 Å². The number of esters is 3. The molecule has 109 heavy (non-hydrogen) atoms. The lowest BCUT2D eigenvalue weighted by Gasteiger charge is -2.21. The molecule has 0 saturated carbocycles. The minimum atomic E-state index is -4.94. The molecule has 0 fully saturated rings. The number of hydrogen-bond donors (Lipinski definition) is 4. The van der Waals surface area contributed by atoms with E-state index in [4.69, 9.17) is 32.3 Å². The molecule has 0 aliphatic rings. The molecule has 4 N–H and O–H groups in total. The first-order valence-corrected chi connectivity index (χ1v) is 46.1. The van der Waals surface area contributed by atoms with Crippen LogP contribution >= 0.6 is 15.6 Å². The highest BCUT2D eigenvalue weighted by Crippen LogP contribution is 2.45. The summed E-state index contributed by atoms with van der Waals surface area (Å²) in [7, 11) is -9.81. The van der Waals surface area contributed by atoms with Crippen LogP contribution < -0.4 is 0 Å². The van der Waals surface area contributed by atoms with Gasteiger partial charge in [0, 0.05) is 19.3 Å². The third-order valence-electron chi connectivity index (χ3n) is 18.0. The van der Waals surface area contributed by atoms with Gasteiger partial charge in [0.15, 0.2) is 6.10 Å². The highest BCUT2D eigenvalue weighted by molar-refractivity contribution is 7.47. The van der Waals surface area contributed by atoms with Gasteiger partial charge in [-0.15, -0.1) is 0 Å². The summed E-state index contributed by atoms with van der Waals surface area (Å²) >= 11 is 0. The number of unbranched alkanes of at least 4 members (excludes halogenated alkanes) is 34. The fourth-order valence-corrected chi connectivity index (χ4v) is 13.1. The molecule has 18 heteroatoms. The Morgan fingerprint density at radius 3 is 0.771 bits per heavy atom. The number of ether oxygens (including phenoxy) is 3. The van der Waals surface area contributed by atoms with E-state index in [2.05, 4.69) is 167 Å². The third kappa shape index (κ3) is 84.2. The highest BCUT2D eigenvalue weighted by Gasteiger charge is 2.29. The zero-order valence-corrected chi connectivity index (χ0v) is 70.5. The van der Waals surface area contributed by atoms with Crippen molar-refractivity contribution in [2.45, 2.75) is 373 Å². The Morgan fingerprint density at radius 2 is 0.486 bits per heavy atom. The van der Waals surface area contributed by atoms with Gasteiger partial charge in [0.2, 0.25) is 0 Å². The number of carbonyl (C=O) groups excluding carboxylic acids is 3. The van der Waals surface area contributed by atoms with Gasteiger partial charge in [-0.05, 0) is 148 Å². The van der Waals surface area contributed by atoms with Crippen molar-refractivity contribution in [3.8, 4) is 0 Å². The Kier molecular flexibility index (Phi) is 79.4. The number of rotatable bonds is 81. The maximum Gasteiger partial charge on any atom is 0.472 e. The van der Waals surface area contributed by atoms with Gasteiger partial charge in [0.1, 0.15) is 25.4 Å². The number of carbonyl (C=O) groups is 3. The summed E-state index contributed by atoms with van der Waals surface area (Å²) < 4.78 is 61.3. The predicted octanol–water partition coefficient (Wildman–Crippen LogP) is 26.0. The molecule has 0 aromatic rings. The first-order valence-electron chi connectivity index (χ1n) is 43.1. The topological polar surface area (TPSA) is 231 Å². The molecule has 0 aromatic carbocycles. The molecular weight excluding hydrogens is 1410 g/mol. The van der Waals surface area contributed by atoms with E-state index in [0.717, 1.165) is 161 Å². The number of aliphatic hydroxyl groups excluding tert-OH is 2. The molecule has 0 rings (SSSR count). The molecule has 0 radical (unpaired) electrons. The fourth-order valence-electron chi connectivity index (χ4n) is 11.5. The van der Waals surface area contributed by atoms with Crippen LogP contribution in [0.5, 0.6) is 0 Å². The van der Waals surface area contributed by atoms with E-state index in [-0.39, 0.29) is 19.3 Å². The smallest absolute Gasteiger partial charge is 0.463 e. The molecule has 0 spiro atoms. The van der Waals surface area contributed by atoms with Crippen molar-refractivity contribution >= 4 is 33.6 Å². The number of hydrogen-bond acceptors (Lipinski definition) is 14. The molecule has 0 aliphatic carbocycles. The number of aliphatic hydroxyl groups is 2. The monoisotopic (exact) mass is 1570 g/mol. The molecule has 0 aliphatic heterocycles. The number of phosphoric acid groups is 2. The first kappa shape index (κ1) is 104. The van der Waals surface area contributed by atoms with Gasteiger partial charge in [-0.25, -0.2) is 9.13 Å². The van der Waals surface area contributed by atoms with Crippen molar-refractivity contribution in [3.05, 3.63) is 146 Å². The second-order valence-corrected chi connectivity index (χ2v) is 31.5. The Hall–Kier alpha value is -4.57. The fraction of sp³-hybridized carbons (Fsp3) is 0.703. The summed E-state index contributed by atoms with van der Waals surface area (Å²) in [5.74, 6) is -1.60. The number of phosphoric ester groups is 2. The summed E-state index contributed by atoms with van der Waals surface area (Å²) in [6, 6.07) is 0. The van der Waals surface area contributed by atoms with Crippen molar-refractivity contribution in [3.63, 3.8) is 0 Å². The summed E-state index contributed by atoms with van der Waals surface area (Å²) in [6.07, 6.45) is 103. The molecular formula is C91H156O16P2. The zero-order chi connectivity index (χ0) is 79.4. The number of allylic oxidation sites excluding steroid dienone is 24. The molecule has 0 heterocycles. The van der Waals surface area contributed by atoms with Gasteiger partial charge in [-0.1, -0.05) is 334 Å². The molecule has 5 atom stereocenters. The Morgan fingerprint density at radius 1 is 0.266 bits per heavy atom. The van der Waals surface area contributed by atoms with Crippen LogP contribution in [0.15, 0.2) is 146 Å². The van der Waals surface area contributed by atoms with Gasteiger partial charge in [0.05, 0.1) is 26.4 Å². The molecule has 0 bridgehead atoms. The van der Waals surface area contributed by atoms with Crippen LogP contribution in [0.25, 0.3) is 0 Å².